The van der Waals surface area contributed by atoms with Crippen molar-refractivity contribution in [2.45, 2.75) is 82.7 Å². The minimum Gasteiger partial charge on any atom is -0.497 e. The van der Waals surface area contributed by atoms with Crippen molar-refractivity contribution in [3.05, 3.63) is 128 Å². The predicted octanol–water partition coefficient (Wildman–Crippen LogP) is 6.25. The largest absolute Gasteiger partial charge is 0.497 e. The predicted molar refractivity (Wildman–Crippen MR) is 220 cm³/mol. The lowest BCUT2D eigenvalue weighted by molar-refractivity contribution is -0.174. The van der Waals surface area contributed by atoms with Gasteiger partial charge in [0.2, 0.25) is 0 Å². The summed E-state index contributed by atoms with van der Waals surface area (Å²) in [6.45, 7) is 9.52. The fourth-order valence-electron chi connectivity index (χ4n) is 7.99. The molecule has 2 aliphatic rings. The second-order valence-electron chi connectivity index (χ2n) is 15.0. The number of H-pyrrole nitrogens is 1. The molecule has 2 bridgehead atoms. The fraction of sp³-hybridized carbons (Fsp3) is 0.442. The number of aryl methyl sites for hydroxylation is 1. The molecule has 59 heavy (non-hydrogen) atoms. The van der Waals surface area contributed by atoms with Crippen LogP contribution in [0.15, 0.2) is 94.6 Å². The number of aromatic amines is 1. The number of rotatable bonds is 17. The molecule has 0 saturated carbocycles. The maximum Gasteiger partial charge on any atom is 0.410 e. The van der Waals surface area contributed by atoms with Crippen molar-refractivity contribution >= 4 is 14.6 Å². The van der Waals surface area contributed by atoms with E-state index in [9.17, 15) is 19.6 Å². The summed E-state index contributed by atoms with van der Waals surface area (Å²) in [4.78, 5) is 43.9. The van der Waals surface area contributed by atoms with E-state index in [1.807, 2.05) is 107 Å². The molecule has 16 heteroatoms. The van der Waals surface area contributed by atoms with E-state index in [-0.39, 0.29) is 43.8 Å². The Hall–Kier alpha value is -5.07. The molecular weight excluding hydrogens is 777 g/mol. The Morgan fingerprint density at radius 3 is 2.05 bits per heavy atom. The van der Waals surface area contributed by atoms with Crippen LogP contribution in [0.2, 0.25) is 0 Å². The van der Waals surface area contributed by atoms with Gasteiger partial charge in [0, 0.05) is 23.8 Å². The number of nitrogens with zero attached hydrogens (tertiary/aromatic N) is 4. The monoisotopic (exact) mass is 829 g/mol. The van der Waals surface area contributed by atoms with Crippen molar-refractivity contribution in [3.63, 3.8) is 0 Å². The topological polar surface area (TPSA) is 167 Å². The number of nitriles is 1. The van der Waals surface area contributed by atoms with E-state index in [1.54, 1.807) is 21.1 Å². The molecule has 2 fully saturated rings. The van der Waals surface area contributed by atoms with E-state index in [2.05, 4.69) is 15.7 Å². The van der Waals surface area contributed by atoms with Crippen LogP contribution in [-0.4, -0.2) is 96.1 Å². The zero-order valence-electron chi connectivity index (χ0n) is 34.6. The SMILES string of the molecule is COC(=O)N1C[C@]2(COC(c3ccccc3)(c3ccc(OC)cc3)c3ccc(OC)cc3)O[C@@H](n3cc(C)c(=O)[nH]c3=O)[C@H]1[C@@H]2OP(OCCC#N)N(C(C)C)C(C)C. The average Bonchev–Trinajstić information content (AvgIpc) is 3.71. The summed E-state index contributed by atoms with van der Waals surface area (Å²) in [5.41, 5.74) is -1.46. The number of hydrogen-bond donors (Lipinski definition) is 1. The van der Waals surface area contributed by atoms with Crippen LogP contribution in [0.3, 0.4) is 0 Å². The molecule has 0 aliphatic carbocycles. The average molecular weight is 830 g/mol. The lowest BCUT2D eigenvalue weighted by Crippen LogP contribution is -2.53. The van der Waals surface area contributed by atoms with Crippen molar-refractivity contribution in [2.75, 3.05) is 41.1 Å². The van der Waals surface area contributed by atoms with Gasteiger partial charge in [-0.05, 0) is 75.6 Å². The van der Waals surface area contributed by atoms with Gasteiger partial charge < -0.3 is 32.7 Å². The normalized spacial score (nSPS) is 20.6. The fourth-order valence-corrected chi connectivity index (χ4v) is 9.81. The van der Waals surface area contributed by atoms with Gasteiger partial charge in [-0.15, -0.1) is 0 Å². The number of ether oxygens (including phenoxy) is 5. The first-order valence-corrected chi connectivity index (χ1v) is 20.5. The number of morpholine rings is 1. The standard InChI is InChI=1S/C43H52N5O10P/c1-28(2)48(29(3)4)59(56-24-12-23-44)58-37-36-39(46-25-30(5)38(49)45-40(46)50)57-42(37,26-47(36)41(51)54-8)27-55-43(31-13-10-9-11-14-31,32-15-19-34(52-6)20-16-32)33-17-21-35(53-7)22-18-33/h9-11,13-22,25,28-29,36-37,39H,12,24,26-27H2,1-8H3,(H,45,49,50)/t36-,37+,39-,42-,59?/m1/s1. The molecule has 1 unspecified atom stereocenters. The quantitative estimate of drug-likeness (QED) is 0.0723. The highest BCUT2D eigenvalue weighted by Gasteiger charge is 2.68. The number of hydrogen-bond acceptors (Lipinski definition) is 12. The van der Waals surface area contributed by atoms with Crippen molar-refractivity contribution in [2.24, 2.45) is 0 Å². The van der Waals surface area contributed by atoms with Gasteiger partial charge >= 0.3 is 11.8 Å². The van der Waals surface area contributed by atoms with Crippen LogP contribution in [0, 0.1) is 18.3 Å². The van der Waals surface area contributed by atoms with E-state index in [4.69, 9.17) is 32.7 Å². The number of benzene rings is 3. The van der Waals surface area contributed by atoms with Gasteiger partial charge in [-0.3, -0.25) is 19.2 Å². The molecule has 6 rings (SSSR count). The minimum atomic E-state index is -1.91. The van der Waals surface area contributed by atoms with Gasteiger partial charge in [0.1, 0.15) is 34.8 Å². The molecule has 1 amide bonds. The van der Waals surface area contributed by atoms with E-state index < -0.39 is 55.4 Å². The molecule has 2 saturated heterocycles. The van der Waals surface area contributed by atoms with Crippen LogP contribution in [-0.2, 0) is 28.9 Å². The number of carbonyl (C=O) groups is 1. The Morgan fingerprint density at radius 2 is 1.53 bits per heavy atom. The molecule has 0 spiro atoms. The van der Waals surface area contributed by atoms with Gasteiger partial charge in [0.25, 0.3) is 14.1 Å². The first-order chi connectivity index (χ1) is 28.3. The molecule has 3 heterocycles. The smallest absolute Gasteiger partial charge is 0.410 e. The molecule has 2 aliphatic heterocycles. The molecule has 314 valence electrons. The third-order valence-electron chi connectivity index (χ3n) is 10.7. The van der Waals surface area contributed by atoms with E-state index in [0.29, 0.717) is 11.5 Å². The van der Waals surface area contributed by atoms with Gasteiger partial charge in [-0.2, -0.15) is 5.26 Å². The highest BCUT2D eigenvalue weighted by atomic mass is 31.2. The van der Waals surface area contributed by atoms with Crippen LogP contribution >= 0.6 is 8.53 Å². The minimum absolute atomic E-state index is 0.0522. The molecule has 3 aromatic carbocycles. The van der Waals surface area contributed by atoms with Crippen molar-refractivity contribution < 1.29 is 37.5 Å². The van der Waals surface area contributed by atoms with Crippen molar-refractivity contribution in [3.8, 4) is 17.6 Å². The summed E-state index contributed by atoms with van der Waals surface area (Å²) in [6.07, 6.45) is -1.28. The molecule has 5 atom stereocenters. The first-order valence-electron chi connectivity index (χ1n) is 19.4. The van der Waals surface area contributed by atoms with Crippen LogP contribution in [0.25, 0.3) is 0 Å². The Balaban J connectivity index is 1.57. The lowest BCUT2D eigenvalue weighted by atomic mass is 9.79. The Kier molecular flexibility index (Phi) is 13.6. The molecule has 1 N–H and O–H groups in total. The summed E-state index contributed by atoms with van der Waals surface area (Å²) < 4.78 is 47.8. The third-order valence-corrected chi connectivity index (χ3v) is 12.8. The van der Waals surface area contributed by atoms with Crippen LogP contribution in [0.4, 0.5) is 4.79 Å². The maximum absolute atomic E-state index is 13.8. The maximum atomic E-state index is 13.8. The number of amides is 1. The highest BCUT2D eigenvalue weighted by molar-refractivity contribution is 7.44. The molecule has 15 nitrogen and oxygen atoms in total. The summed E-state index contributed by atoms with van der Waals surface area (Å²) >= 11 is 0. The molecule has 0 radical (unpaired) electrons. The van der Waals surface area contributed by atoms with Gasteiger partial charge in [0.15, 0.2) is 6.23 Å². The zero-order chi connectivity index (χ0) is 42.5. The van der Waals surface area contributed by atoms with E-state index >= 15 is 0 Å². The molecule has 4 aromatic rings. The van der Waals surface area contributed by atoms with Crippen LogP contribution in [0.1, 0.15) is 62.6 Å². The van der Waals surface area contributed by atoms with E-state index in [1.165, 1.54) is 22.8 Å². The van der Waals surface area contributed by atoms with Crippen molar-refractivity contribution in [1.82, 2.24) is 19.1 Å². The van der Waals surface area contributed by atoms with Crippen LogP contribution in [0.5, 0.6) is 11.5 Å². The lowest BCUT2D eigenvalue weighted by Gasteiger charge is -2.42. The summed E-state index contributed by atoms with van der Waals surface area (Å²) in [6, 6.07) is 26.0. The Labute approximate surface area is 345 Å². The third kappa shape index (κ3) is 8.52. The number of nitrogens with one attached hydrogen (secondary N) is 1. The zero-order valence-corrected chi connectivity index (χ0v) is 35.5. The van der Waals surface area contributed by atoms with Crippen molar-refractivity contribution in [1.29, 1.82) is 5.26 Å². The number of likely N-dealkylation sites (tertiary alicyclic amines) is 1. The number of fused-ring (bicyclic) bond motifs is 2. The Morgan fingerprint density at radius 1 is 0.949 bits per heavy atom. The number of methoxy groups -OCH3 is 3. The second kappa shape index (κ2) is 18.5. The van der Waals surface area contributed by atoms with E-state index in [0.717, 1.165) is 16.7 Å². The highest BCUT2D eigenvalue weighted by Crippen LogP contribution is 2.57. The molecular formula is C43H52N5O10P. The van der Waals surface area contributed by atoms with Crippen LogP contribution < -0.4 is 20.7 Å². The molecule has 1 aromatic heterocycles. The van der Waals surface area contributed by atoms with Gasteiger partial charge in [-0.1, -0.05) is 54.6 Å². The van der Waals surface area contributed by atoms with Gasteiger partial charge in [-0.25, -0.2) is 14.3 Å². The second-order valence-corrected chi connectivity index (χ2v) is 16.4. The Bertz CT molecular complexity index is 2150. The summed E-state index contributed by atoms with van der Waals surface area (Å²) in [5, 5.41) is 9.45. The number of carbonyl (C=O) groups excluding carboxylic acids is 1. The number of aromatic nitrogens is 2. The summed E-state index contributed by atoms with van der Waals surface area (Å²) in [7, 11) is 2.58. The summed E-state index contributed by atoms with van der Waals surface area (Å²) in [5.74, 6) is 1.30. The van der Waals surface area contributed by atoms with Gasteiger partial charge in [0.05, 0.1) is 53.6 Å². The first kappa shape index (κ1) is 43.5.